The molecule has 4 nitrogen and oxygen atoms in total. The van der Waals surface area contributed by atoms with Gasteiger partial charge in [-0.25, -0.2) is 4.98 Å². The quantitative estimate of drug-likeness (QED) is 0.889. The molecule has 1 N–H and O–H groups in total. The van der Waals surface area contributed by atoms with E-state index >= 15 is 0 Å². The average molecular weight is 271 g/mol. The summed E-state index contributed by atoms with van der Waals surface area (Å²) in [6, 6.07) is 1.14. The highest BCUT2D eigenvalue weighted by Gasteiger charge is 2.21. The molecule has 1 atom stereocenters. The van der Waals surface area contributed by atoms with Crippen molar-refractivity contribution in [3.8, 4) is 0 Å². The van der Waals surface area contributed by atoms with Gasteiger partial charge < -0.3 is 9.88 Å². The summed E-state index contributed by atoms with van der Waals surface area (Å²) >= 11 is 6.03. The van der Waals surface area contributed by atoms with Gasteiger partial charge in [-0.1, -0.05) is 11.6 Å². The molecule has 2 heterocycles. The summed E-state index contributed by atoms with van der Waals surface area (Å²) in [5.41, 5.74) is 0. The Morgan fingerprint density at radius 2 is 2.39 bits per heavy atom. The van der Waals surface area contributed by atoms with Crippen LogP contribution in [-0.2, 0) is 13.6 Å². The van der Waals surface area contributed by atoms with Gasteiger partial charge in [0.15, 0.2) is 0 Å². The van der Waals surface area contributed by atoms with Gasteiger partial charge in [-0.15, -0.1) is 0 Å². The average Bonchev–Trinajstić information content (AvgIpc) is 2.93. The van der Waals surface area contributed by atoms with E-state index in [4.69, 9.17) is 11.6 Å². The van der Waals surface area contributed by atoms with Gasteiger partial charge in [-0.2, -0.15) is 0 Å². The first kappa shape index (κ1) is 13.8. The van der Waals surface area contributed by atoms with Crippen molar-refractivity contribution >= 4 is 11.6 Å². The van der Waals surface area contributed by atoms with Gasteiger partial charge in [0, 0.05) is 25.7 Å². The maximum Gasteiger partial charge on any atom is 0.128 e. The fraction of sp³-hybridized carbons (Fsp3) is 0.769. The number of hydrogen-bond acceptors (Lipinski definition) is 3. The second-order valence-corrected chi connectivity index (χ2v) is 5.76. The largest absolute Gasteiger partial charge is 0.321 e. The van der Waals surface area contributed by atoms with Crippen LogP contribution < -0.4 is 5.32 Å². The summed E-state index contributed by atoms with van der Waals surface area (Å²) in [6.07, 6.45) is 4.30. The van der Waals surface area contributed by atoms with Gasteiger partial charge in [-0.05, 0) is 33.2 Å². The summed E-state index contributed by atoms with van der Waals surface area (Å²) in [6.45, 7) is 7.57. The van der Waals surface area contributed by atoms with Crippen LogP contribution in [0.3, 0.4) is 0 Å². The minimum absolute atomic E-state index is 0.517. The molecule has 0 radical (unpaired) electrons. The number of halogens is 1. The number of imidazole rings is 1. The third-order valence-electron chi connectivity index (χ3n) is 3.72. The molecule has 1 saturated heterocycles. The lowest BCUT2D eigenvalue weighted by molar-refractivity contribution is 0.188. The molecule has 0 saturated carbocycles. The molecule has 0 bridgehead atoms. The van der Waals surface area contributed by atoms with Gasteiger partial charge in [0.1, 0.15) is 11.0 Å². The van der Waals surface area contributed by atoms with Crippen LogP contribution in [0.5, 0.6) is 0 Å². The fourth-order valence-corrected chi connectivity index (χ4v) is 2.55. The Hall–Kier alpha value is -0.580. The molecule has 5 heteroatoms. The Kier molecular flexibility index (Phi) is 4.65. The normalized spacial score (nSPS) is 20.2. The van der Waals surface area contributed by atoms with E-state index in [-0.39, 0.29) is 0 Å². The zero-order valence-electron chi connectivity index (χ0n) is 11.5. The van der Waals surface area contributed by atoms with Gasteiger partial charge in [0.2, 0.25) is 0 Å². The van der Waals surface area contributed by atoms with Crippen molar-refractivity contribution in [2.24, 2.45) is 7.05 Å². The van der Waals surface area contributed by atoms with Crippen LogP contribution >= 0.6 is 11.6 Å². The van der Waals surface area contributed by atoms with Crippen molar-refractivity contribution in [1.82, 2.24) is 19.8 Å². The Morgan fingerprint density at radius 3 is 2.89 bits per heavy atom. The summed E-state index contributed by atoms with van der Waals surface area (Å²) < 4.78 is 1.96. The molecule has 1 aromatic rings. The van der Waals surface area contributed by atoms with Crippen LogP contribution in [0.4, 0.5) is 0 Å². The lowest BCUT2D eigenvalue weighted by atomic mass is 10.2. The number of rotatable bonds is 5. The third kappa shape index (κ3) is 3.25. The van der Waals surface area contributed by atoms with E-state index in [1.165, 1.54) is 12.8 Å². The summed E-state index contributed by atoms with van der Waals surface area (Å²) in [5.74, 6) is 1.03. The Morgan fingerprint density at radius 1 is 1.61 bits per heavy atom. The van der Waals surface area contributed by atoms with Crippen molar-refractivity contribution in [2.75, 3.05) is 13.1 Å². The van der Waals surface area contributed by atoms with Crippen molar-refractivity contribution < 1.29 is 0 Å². The number of hydrogen-bond donors (Lipinski definition) is 1. The number of nitrogens with one attached hydrogen (secondary N) is 1. The zero-order chi connectivity index (χ0) is 13.1. The zero-order valence-corrected chi connectivity index (χ0v) is 12.2. The number of nitrogens with zero attached hydrogens (tertiary/aromatic N) is 3. The summed E-state index contributed by atoms with van der Waals surface area (Å²) in [7, 11) is 1.97. The van der Waals surface area contributed by atoms with Crippen molar-refractivity contribution in [3.63, 3.8) is 0 Å². The first-order chi connectivity index (χ1) is 8.58. The molecular weight excluding hydrogens is 248 g/mol. The molecular formula is C13H23ClN4. The number of aromatic nitrogens is 2. The Labute approximate surface area is 114 Å². The van der Waals surface area contributed by atoms with Crippen molar-refractivity contribution in [1.29, 1.82) is 0 Å². The van der Waals surface area contributed by atoms with E-state index in [9.17, 15) is 0 Å². The summed E-state index contributed by atoms with van der Waals surface area (Å²) in [4.78, 5) is 6.84. The molecule has 0 aliphatic carbocycles. The van der Waals surface area contributed by atoms with Gasteiger partial charge in [0.05, 0.1) is 12.7 Å². The molecule has 1 fully saturated rings. The van der Waals surface area contributed by atoms with Crippen LogP contribution in [0.15, 0.2) is 6.20 Å². The smallest absolute Gasteiger partial charge is 0.128 e. The maximum atomic E-state index is 6.03. The molecule has 102 valence electrons. The minimum atomic E-state index is 0.517. The Balaban J connectivity index is 1.99. The van der Waals surface area contributed by atoms with E-state index in [1.807, 2.05) is 11.6 Å². The first-order valence-electron chi connectivity index (χ1n) is 6.71. The van der Waals surface area contributed by atoms with Crippen LogP contribution in [0, 0.1) is 0 Å². The second-order valence-electron chi connectivity index (χ2n) is 5.37. The second kappa shape index (κ2) is 6.04. The topological polar surface area (TPSA) is 33.1 Å². The van der Waals surface area contributed by atoms with E-state index in [0.29, 0.717) is 17.2 Å². The molecule has 1 aliphatic heterocycles. The molecule has 1 aliphatic rings. The molecule has 0 aromatic carbocycles. The highest BCUT2D eigenvalue weighted by Crippen LogP contribution is 2.15. The molecule has 1 aromatic heterocycles. The minimum Gasteiger partial charge on any atom is -0.321 e. The van der Waals surface area contributed by atoms with E-state index in [2.05, 4.69) is 29.0 Å². The molecule has 0 amide bonds. The van der Waals surface area contributed by atoms with Gasteiger partial charge in [-0.3, -0.25) is 4.90 Å². The fourth-order valence-electron chi connectivity index (χ4n) is 2.41. The van der Waals surface area contributed by atoms with E-state index < -0.39 is 0 Å². The van der Waals surface area contributed by atoms with Crippen LogP contribution in [-0.4, -0.2) is 39.6 Å². The highest BCUT2D eigenvalue weighted by atomic mass is 35.5. The highest BCUT2D eigenvalue weighted by molar-refractivity contribution is 6.29. The van der Waals surface area contributed by atoms with Crippen LogP contribution in [0.25, 0.3) is 0 Å². The molecule has 18 heavy (non-hydrogen) atoms. The van der Waals surface area contributed by atoms with Crippen molar-refractivity contribution in [2.45, 2.75) is 45.3 Å². The lowest BCUT2D eigenvalue weighted by Gasteiger charge is -2.29. The molecule has 1 unspecified atom stereocenters. The maximum absolute atomic E-state index is 6.03. The monoisotopic (exact) mass is 270 g/mol. The van der Waals surface area contributed by atoms with Gasteiger partial charge >= 0.3 is 0 Å². The predicted octanol–water partition coefficient (Wildman–Crippen LogP) is 2.04. The third-order valence-corrected chi connectivity index (χ3v) is 4.07. The van der Waals surface area contributed by atoms with E-state index in [1.54, 1.807) is 6.20 Å². The molecule has 0 spiro atoms. The first-order valence-corrected chi connectivity index (χ1v) is 7.09. The lowest BCUT2D eigenvalue weighted by Crippen LogP contribution is -2.41. The predicted molar refractivity (Wildman–Crippen MR) is 74.8 cm³/mol. The van der Waals surface area contributed by atoms with E-state index in [0.717, 1.165) is 25.5 Å². The van der Waals surface area contributed by atoms with Crippen LogP contribution in [0.2, 0.25) is 5.15 Å². The Bertz CT molecular complexity index is 382. The summed E-state index contributed by atoms with van der Waals surface area (Å²) in [5, 5.41) is 4.25. The van der Waals surface area contributed by atoms with Crippen molar-refractivity contribution in [3.05, 3.63) is 17.2 Å². The SMILES string of the molecule is CC(C)N(Cc1ncc(Cl)n1C)CC1CCCN1. The molecule has 2 rings (SSSR count). The standard InChI is InChI=1S/C13H23ClN4/c1-10(2)18(8-11-5-4-6-15-11)9-13-16-7-12(14)17(13)3/h7,10-11,15H,4-6,8-9H2,1-3H3. The van der Waals surface area contributed by atoms with Gasteiger partial charge in [0.25, 0.3) is 0 Å². The van der Waals surface area contributed by atoms with Crippen LogP contribution in [0.1, 0.15) is 32.5 Å².